The van der Waals surface area contributed by atoms with Crippen LogP contribution >= 0.6 is 15.9 Å². The Morgan fingerprint density at radius 1 is 1.65 bits per heavy atom. The molecule has 1 aromatic rings. The Labute approximate surface area is 109 Å². The van der Waals surface area contributed by atoms with Crippen molar-refractivity contribution < 1.29 is 9.53 Å². The molecule has 17 heavy (non-hydrogen) atoms. The molecule has 0 spiro atoms. The largest absolute Gasteiger partial charge is 0.457 e. The smallest absolute Gasteiger partial charge is 0.340 e. The summed E-state index contributed by atoms with van der Waals surface area (Å²) < 4.78 is 6.17. The first-order chi connectivity index (χ1) is 8.20. The highest BCUT2D eigenvalue weighted by Gasteiger charge is 2.33. The topological polar surface area (TPSA) is 39.2 Å². The molecule has 0 saturated heterocycles. The monoisotopic (exact) mass is 293 g/mol. The fourth-order valence-electron chi connectivity index (χ4n) is 1.62. The molecule has 3 nitrogen and oxygen atoms in total. The van der Waals surface area contributed by atoms with Crippen molar-refractivity contribution in [2.75, 3.05) is 0 Å². The fraction of sp³-hybridized carbons (Fsp3) is 0.385. The maximum Gasteiger partial charge on any atom is 0.340 e. The molecule has 0 radical (unpaired) electrons. The molecule has 1 fully saturated rings. The van der Waals surface area contributed by atoms with Crippen LogP contribution in [0.2, 0.25) is 0 Å². The van der Waals surface area contributed by atoms with E-state index in [4.69, 9.17) is 11.2 Å². The van der Waals surface area contributed by atoms with E-state index in [1.165, 1.54) is 6.20 Å². The molecular formula is C13H12BrNO2. The van der Waals surface area contributed by atoms with Crippen molar-refractivity contribution in [3.8, 4) is 12.3 Å². The van der Waals surface area contributed by atoms with Gasteiger partial charge in [0.05, 0.1) is 5.56 Å². The molecule has 0 bridgehead atoms. The molecule has 0 aromatic carbocycles. The minimum atomic E-state index is -0.356. The van der Waals surface area contributed by atoms with Crippen LogP contribution < -0.4 is 0 Å². The van der Waals surface area contributed by atoms with Gasteiger partial charge in [-0.15, -0.1) is 12.3 Å². The fourth-order valence-corrected chi connectivity index (χ4v) is 1.98. The standard InChI is InChI=1S/C13H12BrNO2/c1-2-3-12(9-4-5-9)17-13(16)10-6-11(14)8-15-7-10/h1,6-9,12H,3-5H2. The van der Waals surface area contributed by atoms with Gasteiger partial charge >= 0.3 is 5.97 Å². The Balaban J connectivity index is 2.02. The number of esters is 1. The number of rotatable bonds is 4. The number of hydrogen-bond donors (Lipinski definition) is 0. The number of ether oxygens (including phenoxy) is 1. The molecule has 1 unspecified atom stereocenters. The summed E-state index contributed by atoms with van der Waals surface area (Å²) in [6.45, 7) is 0. The molecule has 0 N–H and O–H groups in total. The van der Waals surface area contributed by atoms with Crippen molar-refractivity contribution in [1.82, 2.24) is 4.98 Å². The molecule has 1 aromatic heterocycles. The van der Waals surface area contributed by atoms with Crippen LogP contribution in [0.5, 0.6) is 0 Å². The van der Waals surface area contributed by atoms with E-state index in [0.717, 1.165) is 17.3 Å². The van der Waals surface area contributed by atoms with Gasteiger partial charge in [0.1, 0.15) is 6.10 Å². The van der Waals surface area contributed by atoms with Crippen LogP contribution in [0.15, 0.2) is 22.9 Å². The van der Waals surface area contributed by atoms with Crippen molar-refractivity contribution in [2.24, 2.45) is 5.92 Å². The third kappa shape index (κ3) is 3.31. The molecule has 88 valence electrons. The number of pyridine rings is 1. The van der Waals surface area contributed by atoms with Crippen molar-refractivity contribution in [3.63, 3.8) is 0 Å². The summed E-state index contributed by atoms with van der Waals surface area (Å²) >= 11 is 3.27. The molecule has 1 heterocycles. The minimum absolute atomic E-state index is 0.147. The number of hydrogen-bond acceptors (Lipinski definition) is 3. The molecule has 1 aliphatic carbocycles. The first kappa shape index (κ1) is 12.1. The van der Waals surface area contributed by atoms with Crippen LogP contribution in [0.4, 0.5) is 0 Å². The van der Waals surface area contributed by atoms with E-state index in [9.17, 15) is 4.79 Å². The third-order valence-corrected chi connectivity index (χ3v) is 3.10. The summed E-state index contributed by atoms with van der Waals surface area (Å²) in [7, 11) is 0. The van der Waals surface area contributed by atoms with E-state index < -0.39 is 0 Å². The molecular weight excluding hydrogens is 282 g/mol. The SMILES string of the molecule is C#CCC(OC(=O)c1cncc(Br)c1)C1CC1. The van der Waals surface area contributed by atoms with Crippen LogP contribution in [-0.2, 0) is 4.74 Å². The van der Waals surface area contributed by atoms with E-state index in [0.29, 0.717) is 17.9 Å². The second-order valence-electron chi connectivity index (χ2n) is 4.08. The van der Waals surface area contributed by atoms with Gasteiger partial charge in [-0.25, -0.2) is 4.79 Å². The van der Waals surface area contributed by atoms with Gasteiger partial charge in [-0.1, -0.05) is 0 Å². The number of carbonyl (C=O) groups excluding carboxylic acids is 1. The molecule has 1 saturated carbocycles. The third-order valence-electron chi connectivity index (χ3n) is 2.67. The molecule has 0 aliphatic heterocycles. The maximum absolute atomic E-state index is 11.9. The summed E-state index contributed by atoms with van der Waals surface area (Å²) in [5, 5.41) is 0. The van der Waals surface area contributed by atoms with E-state index in [2.05, 4.69) is 26.8 Å². The molecule has 4 heteroatoms. The average molecular weight is 294 g/mol. The average Bonchev–Trinajstić information content (AvgIpc) is 3.12. The van der Waals surface area contributed by atoms with E-state index >= 15 is 0 Å². The summed E-state index contributed by atoms with van der Waals surface area (Å²) in [5.74, 6) is 2.64. The first-order valence-corrected chi connectivity index (χ1v) is 6.25. The van der Waals surface area contributed by atoms with Gasteiger partial charge in [0.15, 0.2) is 0 Å². The van der Waals surface area contributed by atoms with Crippen molar-refractivity contribution in [3.05, 3.63) is 28.5 Å². The van der Waals surface area contributed by atoms with Gasteiger partial charge in [0.2, 0.25) is 0 Å². The van der Waals surface area contributed by atoms with E-state index in [1.807, 2.05) is 0 Å². The van der Waals surface area contributed by atoms with Gasteiger partial charge in [-0.05, 0) is 40.8 Å². The van der Waals surface area contributed by atoms with Gasteiger partial charge in [0.25, 0.3) is 0 Å². The number of aromatic nitrogens is 1. The summed E-state index contributed by atoms with van der Waals surface area (Å²) in [6.07, 6.45) is 10.9. The van der Waals surface area contributed by atoms with Crippen molar-refractivity contribution in [2.45, 2.75) is 25.4 Å². The number of nitrogens with zero attached hydrogens (tertiary/aromatic N) is 1. The normalized spacial score (nSPS) is 16.0. The van der Waals surface area contributed by atoms with Crippen LogP contribution in [0.1, 0.15) is 29.6 Å². The predicted octanol–water partition coefficient (Wildman–Crippen LogP) is 2.80. The Hall–Kier alpha value is -1.34. The van der Waals surface area contributed by atoms with E-state index in [1.54, 1.807) is 12.3 Å². The molecule has 1 aliphatic rings. The second-order valence-corrected chi connectivity index (χ2v) is 5.00. The van der Waals surface area contributed by atoms with Gasteiger partial charge in [0, 0.05) is 23.3 Å². The molecule has 0 amide bonds. The van der Waals surface area contributed by atoms with Gasteiger partial charge < -0.3 is 4.74 Å². The zero-order chi connectivity index (χ0) is 12.3. The number of halogens is 1. The number of carbonyl (C=O) groups is 1. The summed E-state index contributed by atoms with van der Waals surface area (Å²) in [6, 6.07) is 1.69. The first-order valence-electron chi connectivity index (χ1n) is 5.45. The Morgan fingerprint density at radius 2 is 2.41 bits per heavy atom. The van der Waals surface area contributed by atoms with Crippen molar-refractivity contribution >= 4 is 21.9 Å². The van der Waals surface area contributed by atoms with Crippen LogP contribution in [0.25, 0.3) is 0 Å². The van der Waals surface area contributed by atoms with Crippen molar-refractivity contribution in [1.29, 1.82) is 0 Å². The Morgan fingerprint density at radius 3 is 3.00 bits per heavy atom. The Kier molecular flexibility index (Phi) is 3.80. The summed E-state index contributed by atoms with van der Waals surface area (Å²) in [5.41, 5.74) is 0.446. The highest BCUT2D eigenvalue weighted by atomic mass is 79.9. The lowest BCUT2D eigenvalue weighted by molar-refractivity contribution is 0.0260. The minimum Gasteiger partial charge on any atom is -0.457 e. The summed E-state index contributed by atoms with van der Waals surface area (Å²) in [4.78, 5) is 15.8. The quantitative estimate of drug-likeness (QED) is 0.633. The number of terminal acetylenes is 1. The predicted molar refractivity (Wildman–Crippen MR) is 67.3 cm³/mol. The molecule has 1 atom stereocenters. The highest BCUT2D eigenvalue weighted by molar-refractivity contribution is 9.10. The van der Waals surface area contributed by atoms with Crippen LogP contribution in [-0.4, -0.2) is 17.1 Å². The van der Waals surface area contributed by atoms with Crippen LogP contribution in [0.3, 0.4) is 0 Å². The second kappa shape index (κ2) is 5.33. The lowest BCUT2D eigenvalue weighted by atomic mass is 10.1. The van der Waals surface area contributed by atoms with E-state index in [-0.39, 0.29) is 12.1 Å². The lowest BCUT2D eigenvalue weighted by Crippen LogP contribution is -2.20. The van der Waals surface area contributed by atoms with Gasteiger partial charge in [-0.3, -0.25) is 4.98 Å². The maximum atomic E-state index is 11.9. The van der Waals surface area contributed by atoms with Gasteiger partial charge in [-0.2, -0.15) is 0 Å². The lowest BCUT2D eigenvalue weighted by Gasteiger charge is -2.14. The molecule has 2 rings (SSSR count). The Bertz CT molecular complexity index is 463. The van der Waals surface area contributed by atoms with Crippen LogP contribution in [0, 0.1) is 18.3 Å². The zero-order valence-corrected chi connectivity index (χ0v) is 10.8. The highest BCUT2D eigenvalue weighted by Crippen LogP contribution is 2.36. The zero-order valence-electron chi connectivity index (χ0n) is 9.23.